The minimum atomic E-state index is 0.0676. The second-order valence-corrected chi connectivity index (χ2v) is 7.03. The van der Waals surface area contributed by atoms with Gasteiger partial charge in [-0.05, 0) is 56.2 Å². The number of benzene rings is 1. The summed E-state index contributed by atoms with van der Waals surface area (Å²) in [6, 6.07) is 7.87. The van der Waals surface area contributed by atoms with Crippen molar-refractivity contribution >= 4 is 17.5 Å². The van der Waals surface area contributed by atoms with E-state index in [0.29, 0.717) is 18.0 Å². The minimum absolute atomic E-state index is 0.0676. The largest absolute Gasteiger partial charge is 0.339 e. The Kier molecular flexibility index (Phi) is 4.69. The molecule has 2 amide bonds. The molecule has 0 N–H and O–H groups in total. The maximum Gasteiger partial charge on any atom is 0.253 e. The first-order valence-electron chi connectivity index (χ1n) is 8.74. The third-order valence-electron chi connectivity index (χ3n) is 5.33. The molecule has 3 rings (SSSR count). The van der Waals surface area contributed by atoms with Crippen molar-refractivity contribution in [3.05, 3.63) is 29.8 Å². The van der Waals surface area contributed by atoms with E-state index < -0.39 is 0 Å². The molecular weight excluding hydrogens is 288 g/mol. The molecule has 0 atom stereocenters. The molecule has 1 aromatic carbocycles. The third kappa shape index (κ3) is 3.41. The van der Waals surface area contributed by atoms with E-state index in [0.717, 1.165) is 37.4 Å². The van der Waals surface area contributed by atoms with Crippen molar-refractivity contribution in [3.63, 3.8) is 0 Å². The van der Waals surface area contributed by atoms with E-state index in [4.69, 9.17) is 0 Å². The number of hydrogen-bond donors (Lipinski definition) is 0. The van der Waals surface area contributed by atoms with Gasteiger partial charge in [0, 0.05) is 37.3 Å². The number of rotatable bonds is 3. The highest BCUT2D eigenvalue weighted by molar-refractivity contribution is 5.99. The smallest absolute Gasteiger partial charge is 0.253 e. The van der Waals surface area contributed by atoms with Crippen molar-refractivity contribution in [3.8, 4) is 0 Å². The highest BCUT2D eigenvalue weighted by Crippen LogP contribution is 2.28. The summed E-state index contributed by atoms with van der Waals surface area (Å²) in [7, 11) is 1.91. The maximum atomic E-state index is 12.8. The van der Waals surface area contributed by atoms with Gasteiger partial charge >= 0.3 is 0 Å². The molecular formula is C19H26N2O2. The first kappa shape index (κ1) is 16.0. The average Bonchev–Trinajstić information content (AvgIpc) is 3.00. The number of carbonyl (C=O) groups excluding carboxylic acids is 2. The van der Waals surface area contributed by atoms with Crippen molar-refractivity contribution in [1.29, 1.82) is 0 Å². The van der Waals surface area contributed by atoms with Gasteiger partial charge in [0.1, 0.15) is 0 Å². The summed E-state index contributed by atoms with van der Waals surface area (Å²) in [6.45, 7) is 3.04. The molecule has 4 nitrogen and oxygen atoms in total. The summed E-state index contributed by atoms with van der Waals surface area (Å²) in [4.78, 5) is 28.4. The van der Waals surface area contributed by atoms with E-state index in [1.165, 1.54) is 12.8 Å². The molecule has 0 radical (unpaired) electrons. The standard InChI is InChI=1S/C19H26N2O2/c1-14-8-10-16(11-9-14)20(2)19(23)15-5-3-6-17(13-15)21-12-4-7-18(21)22/h3,5-6,13-14,16H,4,7-12H2,1-2H3. The molecule has 4 heteroatoms. The van der Waals surface area contributed by atoms with Gasteiger partial charge < -0.3 is 9.80 Å². The highest BCUT2D eigenvalue weighted by Gasteiger charge is 2.26. The number of anilines is 1. The molecule has 1 heterocycles. The van der Waals surface area contributed by atoms with Crippen LogP contribution < -0.4 is 4.90 Å². The van der Waals surface area contributed by atoms with Crippen LogP contribution in [0.2, 0.25) is 0 Å². The van der Waals surface area contributed by atoms with Gasteiger partial charge in [0.15, 0.2) is 0 Å². The predicted molar refractivity (Wildman–Crippen MR) is 91.5 cm³/mol. The molecule has 23 heavy (non-hydrogen) atoms. The zero-order valence-corrected chi connectivity index (χ0v) is 14.1. The lowest BCUT2D eigenvalue weighted by molar-refractivity contribution is -0.117. The highest BCUT2D eigenvalue weighted by atomic mass is 16.2. The molecule has 1 saturated carbocycles. The number of carbonyl (C=O) groups is 2. The molecule has 2 aliphatic rings. The van der Waals surface area contributed by atoms with Crippen LogP contribution in [0.5, 0.6) is 0 Å². The van der Waals surface area contributed by atoms with E-state index in [2.05, 4.69) is 6.92 Å². The zero-order chi connectivity index (χ0) is 16.4. The first-order valence-corrected chi connectivity index (χ1v) is 8.74. The van der Waals surface area contributed by atoms with E-state index >= 15 is 0 Å². The molecule has 0 bridgehead atoms. The topological polar surface area (TPSA) is 40.6 Å². The number of amides is 2. The Morgan fingerprint density at radius 1 is 1.22 bits per heavy atom. The van der Waals surface area contributed by atoms with E-state index in [1.807, 2.05) is 36.2 Å². The minimum Gasteiger partial charge on any atom is -0.339 e. The van der Waals surface area contributed by atoms with Gasteiger partial charge in [-0.1, -0.05) is 13.0 Å². The van der Waals surface area contributed by atoms with Gasteiger partial charge in [-0.3, -0.25) is 9.59 Å². The Morgan fingerprint density at radius 3 is 2.61 bits per heavy atom. The maximum absolute atomic E-state index is 12.8. The van der Waals surface area contributed by atoms with Gasteiger partial charge in [-0.15, -0.1) is 0 Å². The predicted octanol–water partition coefficient (Wildman–Crippen LogP) is 3.46. The summed E-state index contributed by atoms with van der Waals surface area (Å²) >= 11 is 0. The van der Waals surface area contributed by atoms with Gasteiger partial charge in [0.05, 0.1) is 0 Å². The van der Waals surface area contributed by atoms with Gasteiger partial charge in [-0.2, -0.15) is 0 Å². The lowest BCUT2D eigenvalue weighted by Gasteiger charge is -2.33. The number of hydrogen-bond acceptors (Lipinski definition) is 2. The van der Waals surface area contributed by atoms with Crippen LogP contribution in [0, 0.1) is 5.92 Å². The second kappa shape index (κ2) is 6.73. The monoisotopic (exact) mass is 314 g/mol. The zero-order valence-electron chi connectivity index (χ0n) is 14.1. The Bertz CT molecular complexity index is 591. The lowest BCUT2D eigenvalue weighted by Crippen LogP contribution is -2.39. The van der Waals surface area contributed by atoms with Crippen molar-refractivity contribution in [2.75, 3.05) is 18.5 Å². The normalized spacial score (nSPS) is 24.8. The fourth-order valence-corrected chi connectivity index (χ4v) is 3.73. The van der Waals surface area contributed by atoms with Crippen LogP contribution in [0.15, 0.2) is 24.3 Å². The van der Waals surface area contributed by atoms with E-state index in [-0.39, 0.29) is 11.8 Å². The average molecular weight is 314 g/mol. The molecule has 1 saturated heterocycles. The fraction of sp³-hybridized carbons (Fsp3) is 0.579. The lowest BCUT2D eigenvalue weighted by atomic mass is 9.86. The Hall–Kier alpha value is -1.84. The second-order valence-electron chi connectivity index (χ2n) is 7.03. The molecule has 124 valence electrons. The van der Waals surface area contributed by atoms with Gasteiger partial charge in [0.25, 0.3) is 5.91 Å². The molecule has 2 fully saturated rings. The van der Waals surface area contributed by atoms with Crippen LogP contribution in [-0.4, -0.2) is 36.3 Å². The van der Waals surface area contributed by atoms with Crippen LogP contribution >= 0.6 is 0 Å². The van der Waals surface area contributed by atoms with Crippen molar-refractivity contribution in [2.45, 2.75) is 51.5 Å². The van der Waals surface area contributed by atoms with Crippen molar-refractivity contribution in [2.24, 2.45) is 5.92 Å². The fourth-order valence-electron chi connectivity index (χ4n) is 3.73. The molecule has 0 aromatic heterocycles. The Labute approximate surface area is 138 Å². The SMILES string of the molecule is CC1CCC(N(C)C(=O)c2cccc(N3CCCC3=O)c2)CC1. The van der Waals surface area contributed by atoms with Crippen LogP contribution in [0.1, 0.15) is 55.8 Å². The third-order valence-corrected chi connectivity index (χ3v) is 5.33. The molecule has 1 aliphatic carbocycles. The summed E-state index contributed by atoms with van der Waals surface area (Å²) < 4.78 is 0. The van der Waals surface area contributed by atoms with Gasteiger partial charge in [-0.25, -0.2) is 0 Å². The number of nitrogens with zero attached hydrogens (tertiary/aromatic N) is 2. The summed E-state index contributed by atoms with van der Waals surface area (Å²) in [5, 5.41) is 0. The van der Waals surface area contributed by atoms with Crippen molar-refractivity contribution < 1.29 is 9.59 Å². The van der Waals surface area contributed by atoms with Crippen LogP contribution in [0.3, 0.4) is 0 Å². The van der Waals surface area contributed by atoms with Crippen LogP contribution in [-0.2, 0) is 4.79 Å². The van der Waals surface area contributed by atoms with Crippen LogP contribution in [0.25, 0.3) is 0 Å². The summed E-state index contributed by atoms with van der Waals surface area (Å²) in [6.07, 6.45) is 6.09. The summed E-state index contributed by atoms with van der Waals surface area (Å²) in [5.41, 5.74) is 1.53. The Balaban J connectivity index is 1.73. The molecule has 1 aromatic rings. The van der Waals surface area contributed by atoms with Crippen molar-refractivity contribution in [1.82, 2.24) is 4.90 Å². The van der Waals surface area contributed by atoms with Crippen LogP contribution in [0.4, 0.5) is 5.69 Å². The van der Waals surface area contributed by atoms with E-state index in [9.17, 15) is 9.59 Å². The van der Waals surface area contributed by atoms with Gasteiger partial charge in [0.2, 0.25) is 5.91 Å². The molecule has 0 unspecified atom stereocenters. The summed E-state index contributed by atoms with van der Waals surface area (Å²) in [5.74, 6) is 1.00. The molecule has 1 aliphatic heterocycles. The first-order chi connectivity index (χ1) is 11.1. The molecule has 0 spiro atoms. The van der Waals surface area contributed by atoms with E-state index in [1.54, 1.807) is 4.90 Å². The quantitative estimate of drug-likeness (QED) is 0.857. The Morgan fingerprint density at radius 2 is 1.96 bits per heavy atom.